The van der Waals surface area contributed by atoms with Gasteiger partial charge in [-0.3, -0.25) is 0 Å². The maximum Gasteiger partial charge on any atom is -0.0398 e. The summed E-state index contributed by atoms with van der Waals surface area (Å²) in [7, 11) is 0. The van der Waals surface area contributed by atoms with Crippen LogP contribution in [0.25, 0.3) is 0 Å². The van der Waals surface area contributed by atoms with Crippen molar-refractivity contribution in [2.24, 2.45) is 0 Å². The van der Waals surface area contributed by atoms with Crippen molar-refractivity contribution in [2.75, 3.05) is 0 Å². The minimum atomic E-state index is 1.33. The van der Waals surface area contributed by atoms with Crippen LogP contribution >= 0.6 is 0 Å². The van der Waals surface area contributed by atoms with Gasteiger partial charge < -0.3 is 0 Å². The van der Waals surface area contributed by atoms with Gasteiger partial charge in [0.2, 0.25) is 0 Å². The van der Waals surface area contributed by atoms with E-state index >= 15 is 0 Å². The van der Waals surface area contributed by atoms with Gasteiger partial charge in [0.05, 0.1) is 0 Å². The molecule has 0 radical (unpaired) electrons. The molecule has 2 aromatic carbocycles. The van der Waals surface area contributed by atoms with Gasteiger partial charge in [0.1, 0.15) is 0 Å². The third-order valence-electron chi connectivity index (χ3n) is 2.39. The number of hydrogen-bond acceptors (Lipinski definition) is 0. The van der Waals surface area contributed by atoms with Crippen molar-refractivity contribution < 1.29 is 0 Å². The van der Waals surface area contributed by atoms with E-state index in [1.807, 2.05) is 13.8 Å². The quantitative estimate of drug-likeness (QED) is 0.561. The monoisotopic (exact) mass is 242 g/mol. The highest BCUT2D eigenvalue weighted by molar-refractivity contribution is 5.20. The first-order chi connectivity index (χ1) is 8.58. The molecule has 98 valence electrons. The van der Waals surface area contributed by atoms with Gasteiger partial charge in [-0.25, -0.2) is 0 Å². The first-order valence-electron chi connectivity index (χ1n) is 6.64. The molecule has 0 N–H and O–H groups in total. The van der Waals surface area contributed by atoms with Crippen molar-refractivity contribution in [1.82, 2.24) is 0 Å². The molecule has 0 aliphatic rings. The third kappa shape index (κ3) is 7.67. The highest BCUT2D eigenvalue weighted by Crippen LogP contribution is 2.00. The number of hydrogen-bond donors (Lipinski definition) is 0. The molecule has 2 rings (SSSR count). The number of benzene rings is 2. The first kappa shape index (κ1) is 16.4. The van der Waals surface area contributed by atoms with Crippen LogP contribution in [0.2, 0.25) is 0 Å². The predicted octanol–water partition coefficient (Wildman–Crippen LogP) is 5.63. The third-order valence-corrected chi connectivity index (χ3v) is 2.39. The van der Waals surface area contributed by atoms with Gasteiger partial charge in [0.25, 0.3) is 0 Å². The fourth-order valence-electron chi connectivity index (χ4n) is 1.44. The summed E-state index contributed by atoms with van der Waals surface area (Å²) < 4.78 is 0. The van der Waals surface area contributed by atoms with Crippen LogP contribution in [0.4, 0.5) is 0 Å². The predicted molar refractivity (Wildman–Crippen MR) is 83.2 cm³/mol. The van der Waals surface area contributed by atoms with Crippen LogP contribution in [0.5, 0.6) is 0 Å². The van der Waals surface area contributed by atoms with Crippen LogP contribution < -0.4 is 0 Å². The van der Waals surface area contributed by atoms with Crippen molar-refractivity contribution in [3.63, 3.8) is 0 Å². The van der Waals surface area contributed by atoms with Gasteiger partial charge in [-0.15, -0.1) is 0 Å². The van der Waals surface area contributed by atoms with E-state index in [9.17, 15) is 0 Å². The lowest BCUT2D eigenvalue weighted by Gasteiger charge is -1.90. The summed E-state index contributed by atoms with van der Waals surface area (Å²) in [4.78, 5) is 0. The van der Waals surface area contributed by atoms with E-state index < -0.39 is 0 Å². The standard InChI is InChI=1S/2C8H10.C2H6/c1-7-3-5-8(2)6-4-7;1-7-4-3-5-8(2)6-7;1-2/h2*3-6H,1-2H3;1-2H3. The van der Waals surface area contributed by atoms with Gasteiger partial charge in [-0.05, 0) is 27.7 Å². The van der Waals surface area contributed by atoms with Crippen molar-refractivity contribution >= 4 is 0 Å². The molecule has 0 saturated carbocycles. The molecule has 0 nitrogen and oxygen atoms in total. The fourth-order valence-corrected chi connectivity index (χ4v) is 1.44. The molecule has 0 bridgehead atoms. The Bertz CT molecular complexity index is 386. The average molecular weight is 242 g/mol. The Balaban J connectivity index is 0.000000283. The van der Waals surface area contributed by atoms with Crippen LogP contribution in [0, 0.1) is 27.7 Å². The molecule has 0 fully saturated rings. The van der Waals surface area contributed by atoms with Crippen molar-refractivity contribution in [2.45, 2.75) is 41.5 Å². The lowest BCUT2D eigenvalue weighted by atomic mass is 10.2. The molecule has 0 amide bonds. The summed E-state index contributed by atoms with van der Waals surface area (Å²) in [5.41, 5.74) is 5.33. The molecule has 0 spiro atoms. The van der Waals surface area contributed by atoms with Gasteiger partial charge >= 0.3 is 0 Å². The Kier molecular flexibility index (Phi) is 8.65. The van der Waals surface area contributed by atoms with Crippen LogP contribution in [0.1, 0.15) is 36.1 Å². The lowest BCUT2D eigenvalue weighted by molar-refractivity contribution is 1.39. The maximum absolute atomic E-state index is 2.17. The zero-order valence-corrected chi connectivity index (χ0v) is 12.6. The Morgan fingerprint density at radius 1 is 0.500 bits per heavy atom. The topological polar surface area (TPSA) is 0 Å². The Labute approximate surface area is 113 Å². The van der Waals surface area contributed by atoms with E-state index in [2.05, 4.69) is 76.2 Å². The number of rotatable bonds is 0. The van der Waals surface area contributed by atoms with Crippen LogP contribution in [0.15, 0.2) is 48.5 Å². The Morgan fingerprint density at radius 2 is 0.833 bits per heavy atom. The van der Waals surface area contributed by atoms with Gasteiger partial charge in [-0.1, -0.05) is 84.6 Å². The Morgan fingerprint density at radius 3 is 1.06 bits per heavy atom. The fraction of sp³-hybridized carbons (Fsp3) is 0.333. The minimum Gasteiger partial charge on any atom is -0.0683 e. The summed E-state index contributed by atoms with van der Waals surface area (Å²) in [6, 6.07) is 16.9. The van der Waals surface area contributed by atoms with Gasteiger partial charge in [-0.2, -0.15) is 0 Å². The largest absolute Gasteiger partial charge is 0.0683 e. The lowest BCUT2D eigenvalue weighted by Crippen LogP contribution is -1.71. The van der Waals surface area contributed by atoms with Gasteiger partial charge in [0.15, 0.2) is 0 Å². The van der Waals surface area contributed by atoms with Crippen LogP contribution in [-0.4, -0.2) is 0 Å². The molecule has 0 atom stereocenters. The van der Waals surface area contributed by atoms with Crippen LogP contribution in [0.3, 0.4) is 0 Å². The maximum atomic E-state index is 2.17. The SMILES string of the molecule is CC.Cc1ccc(C)cc1.Cc1cccc(C)c1. The molecular formula is C18H26. The molecule has 0 unspecified atom stereocenters. The van der Waals surface area contributed by atoms with E-state index in [-0.39, 0.29) is 0 Å². The van der Waals surface area contributed by atoms with E-state index in [0.717, 1.165) is 0 Å². The highest BCUT2D eigenvalue weighted by atomic mass is 13.9. The van der Waals surface area contributed by atoms with Crippen LogP contribution in [-0.2, 0) is 0 Å². The normalized spacial score (nSPS) is 8.56. The smallest absolute Gasteiger partial charge is 0.0398 e. The van der Waals surface area contributed by atoms with E-state index in [1.165, 1.54) is 22.3 Å². The molecule has 0 saturated heterocycles. The van der Waals surface area contributed by atoms with Crippen molar-refractivity contribution in [1.29, 1.82) is 0 Å². The number of aryl methyl sites for hydroxylation is 4. The average Bonchev–Trinajstić information content (AvgIpc) is 2.36. The van der Waals surface area contributed by atoms with E-state index in [1.54, 1.807) is 0 Å². The molecule has 2 aromatic rings. The molecule has 0 aromatic heterocycles. The second kappa shape index (κ2) is 9.47. The van der Waals surface area contributed by atoms with E-state index in [4.69, 9.17) is 0 Å². The van der Waals surface area contributed by atoms with E-state index in [0.29, 0.717) is 0 Å². The molecule has 18 heavy (non-hydrogen) atoms. The second-order valence-corrected chi connectivity index (χ2v) is 4.31. The summed E-state index contributed by atoms with van der Waals surface area (Å²) >= 11 is 0. The van der Waals surface area contributed by atoms with Gasteiger partial charge in [0, 0.05) is 0 Å². The molecule has 0 heteroatoms. The zero-order valence-electron chi connectivity index (χ0n) is 12.6. The molecule has 0 heterocycles. The molecule has 0 aliphatic carbocycles. The van der Waals surface area contributed by atoms with Crippen molar-refractivity contribution in [3.05, 3.63) is 70.8 Å². The molecule has 0 aliphatic heterocycles. The summed E-state index contributed by atoms with van der Waals surface area (Å²) in [6.45, 7) is 12.4. The zero-order chi connectivity index (χ0) is 14.0. The second-order valence-electron chi connectivity index (χ2n) is 4.31. The molecular weight excluding hydrogens is 216 g/mol. The highest BCUT2D eigenvalue weighted by Gasteiger charge is 1.81. The summed E-state index contributed by atoms with van der Waals surface area (Å²) in [5, 5.41) is 0. The Hall–Kier alpha value is -1.56. The summed E-state index contributed by atoms with van der Waals surface area (Å²) in [6.07, 6.45) is 0. The van der Waals surface area contributed by atoms with Crippen molar-refractivity contribution in [3.8, 4) is 0 Å². The first-order valence-corrected chi connectivity index (χ1v) is 6.64. The summed E-state index contributed by atoms with van der Waals surface area (Å²) in [5.74, 6) is 0. The minimum absolute atomic E-state index is 1.33.